The van der Waals surface area contributed by atoms with Gasteiger partial charge in [-0.15, -0.1) is 0 Å². The van der Waals surface area contributed by atoms with Crippen molar-refractivity contribution in [3.05, 3.63) is 0 Å². The molecule has 0 spiro atoms. The van der Waals surface area contributed by atoms with E-state index in [0.717, 1.165) is 0 Å². The highest BCUT2D eigenvalue weighted by Crippen LogP contribution is 2.49. The maximum absolute atomic E-state index is 12.8. The van der Waals surface area contributed by atoms with Gasteiger partial charge in [-0.1, -0.05) is 0 Å². The molecule has 0 amide bonds. The quantitative estimate of drug-likeness (QED) is 0.0605. The lowest BCUT2D eigenvalue weighted by Crippen LogP contribution is -2.41. The third-order valence-corrected chi connectivity index (χ3v) is 10.9. The summed E-state index contributed by atoms with van der Waals surface area (Å²) in [6, 6.07) is 0. The van der Waals surface area contributed by atoms with Gasteiger partial charge >= 0.3 is 15.6 Å². The Morgan fingerprint density at radius 3 is 1.17 bits per heavy atom. The molecule has 5 rings (SSSR count). The first-order valence-electron chi connectivity index (χ1n) is 16.2. The van der Waals surface area contributed by atoms with Crippen LogP contribution in [0.3, 0.4) is 0 Å². The maximum Gasteiger partial charge on any atom is 0.472 e. The van der Waals surface area contributed by atoms with Crippen LogP contribution in [0.5, 0.6) is 0 Å². The summed E-state index contributed by atoms with van der Waals surface area (Å²) in [7, 11) is -10.4. The Labute approximate surface area is 303 Å². The number of hydrogen-bond donors (Lipinski definition) is 14. The molecule has 316 valence electrons. The number of aliphatic hydroxyl groups is 12. The van der Waals surface area contributed by atoms with Crippen LogP contribution < -0.4 is 0 Å². The fraction of sp³-hybridized carbons (Fsp3) is 1.00. The first-order valence-corrected chi connectivity index (χ1v) is 19.1. The Kier molecular flexibility index (Phi) is 15.0. The molecule has 29 heteroatoms. The summed E-state index contributed by atoms with van der Waals surface area (Å²) in [4.78, 5) is 20.4. The van der Waals surface area contributed by atoms with Crippen molar-refractivity contribution in [1.29, 1.82) is 0 Å². The van der Waals surface area contributed by atoms with Crippen molar-refractivity contribution in [2.24, 2.45) is 0 Å². The molecular weight excluding hydrogens is 794 g/mol. The Morgan fingerprint density at radius 1 is 0.426 bits per heavy atom. The second kappa shape index (κ2) is 18.2. The van der Waals surface area contributed by atoms with E-state index in [4.69, 9.17) is 51.3 Å². The van der Waals surface area contributed by atoms with E-state index in [-0.39, 0.29) is 0 Å². The summed E-state index contributed by atoms with van der Waals surface area (Å²) >= 11 is 0. The van der Waals surface area contributed by atoms with Crippen molar-refractivity contribution in [2.75, 3.05) is 33.0 Å². The van der Waals surface area contributed by atoms with Crippen LogP contribution in [0.1, 0.15) is 0 Å². The predicted octanol–water partition coefficient (Wildman–Crippen LogP) is -8.50. The van der Waals surface area contributed by atoms with E-state index in [1.807, 2.05) is 0 Å². The molecule has 5 aliphatic heterocycles. The Morgan fingerprint density at radius 2 is 0.759 bits per heavy atom. The SMILES string of the molecule is O=P(O)(OC[C@H]1OC(O[C@@H]2O[C@H](CO)[C@@H](OP(=O)(O)OC[C@H]3OC(O[C@@H]4O[C@H](CO)[C@@H](O)[C@H]4O)[C@H](O)[C@@H]3O)[C@H]2O)[C@H](O)[C@@H]1O)O[C@H]1[C@@H](O)[C@H](O)O[C@@H]1CO. The summed E-state index contributed by atoms with van der Waals surface area (Å²) in [6.45, 7) is -4.37. The summed E-state index contributed by atoms with van der Waals surface area (Å²) in [5.74, 6) is 0. The number of aliphatic hydroxyl groups excluding tert-OH is 12. The van der Waals surface area contributed by atoms with Gasteiger partial charge < -0.3 is 104 Å². The zero-order chi connectivity index (χ0) is 39.9. The maximum atomic E-state index is 12.8. The topological polar surface area (TPSA) is 419 Å². The lowest BCUT2D eigenvalue weighted by molar-refractivity contribution is -0.269. The molecule has 14 N–H and O–H groups in total. The van der Waals surface area contributed by atoms with Crippen molar-refractivity contribution in [3.8, 4) is 0 Å². The van der Waals surface area contributed by atoms with E-state index in [2.05, 4.69) is 0 Å². The van der Waals surface area contributed by atoms with Gasteiger partial charge in [-0.3, -0.25) is 18.1 Å². The van der Waals surface area contributed by atoms with Crippen molar-refractivity contribution in [3.63, 3.8) is 0 Å². The fourth-order valence-electron chi connectivity index (χ4n) is 5.97. The average Bonchev–Trinajstić information content (AvgIpc) is 3.84. The lowest BCUT2D eigenvalue weighted by Gasteiger charge is -2.24. The van der Waals surface area contributed by atoms with Gasteiger partial charge in [-0.2, -0.15) is 0 Å². The van der Waals surface area contributed by atoms with Crippen LogP contribution in [0.4, 0.5) is 0 Å². The largest absolute Gasteiger partial charge is 0.472 e. The van der Waals surface area contributed by atoms with Gasteiger partial charge in [0.25, 0.3) is 0 Å². The van der Waals surface area contributed by atoms with Gasteiger partial charge in [-0.25, -0.2) is 9.13 Å². The Hall–Kier alpha value is -0.540. The van der Waals surface area contributed by atoms with Crippen LogP contribution in [0.25, 0.3) is 0 Å². The highest BCUT2D eigenvalue weighted by Gasteiger charge is 2.54. The number of ether oxygens (including phenoxy) is 7. The molecule has 54 heavy (non-hydrogen) atoms. The molecule has 5 fully saturated rings. The predicted molar refractivity (Wildman–Crippen MR) is 158 cm³/mol. The molecular formula is C25H44O27P2. The lowest BCUT2D eigenvalue weighted by atomic mass is 10.1. The first-order chi connectivity index (χ1) is 25.3. The van der Waals surface area contributed by atoms with Gasteiger partial charge in [0, 0.05) is 0 Å². The highest BCUT2D eigenvalue weighted by molar-refractivity contribution is 7.47. The summed E-state index contributed by atoms with van der Waals surface area (Å²) in [5.41, 5.74) is 0. The van der Waals surface area contributed by atoms with Crippen molar-refractivity contribution < 1.29 is 131 Å². The molecule has 5 aliphatic rings. The van der Waals surface area contributed by atoms with E-state index in [9.17, 15) is 80.2 Å². The molecule has 0 bridgehead atoms. The monoisotopic (exact) mass is 838 g/mol. The summed E-state index contributed by atoms with van der Waals surface area (Å²) in [6.07, 6.45) is -34.4. The molecule has 0 aromatic carbocycles. The van der Waals surface area contributed by atoms with Crippen molar-refractivity contribution >= 4 is 15.6 Å². The molecule has 22 atom stereocenters. The molecule has 0 aliphatic carbocycles. The minimum absolute atomic E-state index is 0.684. The van der Waals surface area contributed by atoms with Crippen LogP contribution in [0, 0.1) is 0 Å². The molecule has 5 heterocycles. The number of rotatable bonds is 17. The van der Waals surface area contributed by atoms with E-state index in [1.54, 1.807) is 0 Å². The van der Waals surface area contributed by atoms with Gasteiger partial charge in [0.05, 0.1) is 33.0 Å². The number of phosphoric ester groups is 2. The fourth-order valence-corrected chi connectivity index (χ4v) is 7.89. The van der Waals surface area contributed by atoms with E-state index in [1.165, 1.54) is 0 Å². The second-order valence-electron chi connectivity index (χ2n) is 12.7. The van der Waals surface area contributed by atoms with Crippen LogP contribution >= 0.6 is 15.6 Å². The number of hydrogen-bond acceptors (Lipinski definition) is 25. The molecule has 5 saturated heterocycles. The van der Waals surface area contributed by atoms with Crippen LogP contribution in [0.2, 0.25) is 0 Å². The average molecular weight is 839 g/mol. The normalized spacial score (nSPS) is 49.1. The molecule has 0 saturated carbocycles. The van der Waals surface area contributed by atoms with E-state index >= 15 is 0 Å². The zero-order valence-corrected chi connectivity index (χ0v) is 29.3. The Bertz CT molecular complexity index is 1320. The van der Waals surface area contributed by atoms with Crippen molar-refractivity contribution in [2.45, 2.75) is 123 Å². The third kappa shape index (κ3) is 9.83. The van der Waals surface area contributed by atoms with Gasteiger partial charge in [0.1, 0.15) is 91.6 Å². The first kappa shape index (κ1) is 44.6. The molecule has 0 aromatic rings. The smallest absolute Gasteiger partial charge is 0.394 e. The Balaban J connectivity index is 1.10. The van der Waals surface area contributed by atoms with Gasteiger partial charge in [-0.05, 0) is 0 Å². The minimum Gasteiger partial charge on any atom is -0.394 e. The van der Waals surface area contributed by atoms with E-state index in [0.29, 0.717) is 0 Å². The second-order valence-corrected chi connectivity index (χ2v) is 15.5. The van der Waals surface area contributed by atoms with Crippen LogP contribution in [0.15, 0.2) is 0 Å². The van der Waals surface area contributed by atoms with Crippen LogP contribution in [-0.2, 0) is 60.4 Å². The molecule has 0 aromatic heterocycles. The number of phosphoric acid groups is 2. The van der Waals surface area contributed by atoms with Gasteiger partial charge in [0.2, 0.25) is 0 Å². The zero-order valence-electron chi connectivity index (χ0n) is 27.5. The molecule has 27 nitrogen and oxygen atoms in total. The van der Waals surface area contributed by atoms with Gasteiger partial charge in [0.15, 0.2) is 31.5 Å². The minimum atomic E-state index is -5.25. The van der Waals surface area contributed by atoms with Crippen LogP contribution in [-0.4, -0.2) is 227 Å². The van der Waals surface area contributed by atoms with Crippen molar-refractivity contribution in [1.82, 2.24) is 0 Å². The summed E-state index contributed by atoms with van der Waals surface area (Å²) < 4.78 is 81.1. The summed E-state index contributed by atoms with van der Waals surface area (Å²) in [5, 5.41) is 120. The molecule has 4 unspecified atom stereocenters. The standard InChI is InChI=1S/C25H44O27P2/c26-1-6-11(29)14(32)22(45-6)49-23-15(33)12(30)9(47-23)5-43-54(40,41)52-20-8(3-28)46-25(18(20)36)50-24-16(34)13(31)10(48-24)4-42-53(38,39)51-19-7(2-27)44-21(37)17(19)35/h6-37H,1-5H2,(H,38,39)(H,40,41)/t6-,7-,8-,9-,10-,11-,12-,13-,14-,15-,16-,17-,18-,19-,20-,21-,22+,23?,24?,25+/m1/s1. The highest BCUT2D eigenvalue weighted by atomic mass is 31.2. The third-order valence-electron chi connectivity index (χ3n) is 8.95. The molecule has 0 radical (unpaired) electrons. The van der Waals surface area contributed by atoms with E-state index < -0.39 is 172 Å².